The minimum absolute atomic E-state index is 0.00545. The number of halogens is 1. The Labute approximate surface area is 193 Å². The van der Waals surface area contributed by atoms with Gasteiger partial charge in [-0.1, -0.05) is 30.3 Å². The maximum atomic E-state index is 14.9. The molecule has 0 saturated carbocycles. The lowest BCUT2D eigenvalue weighted by molar-refractivity contribution is -0.142. The lowest BCUT2D eigenvalue weighted by Gasteiger charge is -2.40. The van der Waals surface area contributed by atoms with Crippen LogP contribution in [0.3, 0.4) is 0 Å². The fraction of sp³-hybridized carbons (Fsp3) is 0.407. The zero-order valence-corrected chi connectivity index (χ0v) is 18.7. The predicted molar refractivity (Wildman–Crippen MR) is 124 cm³/mol. The first-order valence-corrected chi connectivity index (χ1v) is 11.7. The summed E-state index contributed by atoms with van der Waals surface area (Å²) in [4.78, 5) is 20.1. The molecule has 2 aromatic carbocycles. The summed E-state index contributed by atoms with van der Waals surface area (Å²) in [5.41, 5.74) is 0.808. The first-order valence-electron chi connectivity index (χ1n) is 11.7. The number of carbonyl (C=O) groups is 1. The maximum absolute atomic E-state index is 14.9. The molecule has 0 N–H and O–H groups in total. The van der Waals surface area contributed by atoms with Gasteiger partial charge >= 0.3 is 0 Å². The summed E-state index contributed by atoms with van der Waals surface area (Å²) in [6.45, 7) is 3.13. The van der Waals surface area contributed by atoms with Crippen molar-refractivity contribution in [2.45, 2.75) is 24.7 Å². The molecular weight excluding hydrogens is 419 g/mol. The van der Waals surface area contributed by atoms with Crippen molar-refractivity contribution in [1.29, 1.82) is 0 Å². The van der Waals surface area contributed by atoms with E-state index in [1.165, 1.54) is 11.6 Å². The van der Waals surface area contributed by atoms with Gasteiger partial charge in [0.1, 0.15) is 5.82 Å². The molecule has 0 aliphatic carbocycles. The van der Waals surface area contributed by atoms with Crippen molar-refractivity contribution in [2.24, 2.45) is 5.92 Å². The Morgan fingerprint density at radius 2 is 1.91 bits per heavy atom. The van der Waals surface area contributed by atoms with E-state index in [4.69, 9.17) is 9.47 Å². The van der Waals surface area contributed by atoms with E-state index < -0.39 is 5.41 Å². The Morgan fingerprint density at radius 3 is 2.76 bits per heavy atom. The number of benzene rings is 2. The van der Waals surface area contributed by atoms with Crippen molar-refractivity contribution in [2.75, 3.05) is 39.5 Å². The lowest BCUT2D eigenvalue weighted by Crippen LogP contribution is -2.51. The fourth-order valence-corrected chi connectivity index (χ4v) is 5.25. The molecule has 1 unspecified atom stereocenters. The molecule has 2 aliphatic rings. The van der Waals surface area contributed by atoms with Crippen LogP contribution in [0, 0.1) is 11.7 Å². The second kappa shape index (κ2) is 9.57. The molecule has 1 atom stereocenters. The van der Waals surface area contributed by atoms with Gasteiger partial charge in [-0.25, -0.2) is 4.39 Å². The van der Waals surface area contributed by atoms with Crippen LogP contribution in [0.25, 0.3) is 10.8 Å². The number of pyridine rings is 1. The van der Waals surface area contributed by atoms with Gasteiger partial charge in [-0.3, -0.25) is 9.78 Å². The normalized spacial score (nSPS) is 21.0. The summed E-state index contributed by atoms with van der Waals surface area (Å²) >= 11 is 0. The van der Waals surface area contributed by atoms with E-state index >= 15 is 0 Å². The minimum Gasteiger partial charge on any atom is -0.381 e. The molecule has 172 valence electrons. The number of rotatable bonds is 4. The highest BCUT2D eigenvalue weighted by Gasteiger charge is 2.46. The second-order valence-electron chi connectivity index (χ2n) is 9.13. The smallest absolute Gasteiger partial charge is 0.233 e. The van der Waals surface area contributed by atoms with E-state index in [0.717, 1.165) is 17.2 Å². The molecule has 2 saturated heterocycles. The molecule has 6 heteroatoms. The van der Waals surface area contributed by atoms with Crippen LogP contribution in [0.15, 0.2) is 60.9 Å². The van der Waals surface area contributed by atoms with Gasteiger partial charge in [0, 0.05) is 55.6 Å². The van der Waals surface area contributed by atoms with Crippen LogP contribution in [0.5, 0.6) is 0 Å². The Kier molecular flexibility index (Phi) is 6.38. The lowest BCUT2D eigenvalue weighted by atomic mass is 9.72. The molecule has 2 aliphatic heterocycles. The van der Waals surface area contributed by atoms with Gasteiger partial charge in [0.2, 0.25) is 5.91 Å². The zero-order valence-electron chi connectivity index (χ0n) is 18.7. The quantitative estimate of drug-likeness (QED) is 0.602. The molecular formula is C27H29FN2O3. The average molecular weight is 449 g/mol. The van der Waals surface area contributed by atoms with Crippen molar-refractivity contribution in [3.05, 3.63) is 77.9 Å². The van der Waals surface area contributed by atoms with Crippen LogP contribution >= 0.6 is 0 Å². The number of carbonyl (C=O) groups excluding carboxylic acids is 1. The van der Waals surface area contributed by atoms with Gasteiger partial charge in [-0.05, 0) is 48.4 Å². The number of hydrogen-bond donors (Lipinski definition) is 0. The summed E-state index contributed by atoms with van der Waals surface area (Å²) in [6, 6.07) is 15.1. The van der Waals surface area contributed by atoms with Gasteiger partial charge in [0.25, 0.3) is 0 Å². The number of aromatic nitrogens is 1. The van der Waals surface area contributed by atoms with Crippen LogP contribution in [0.4, 0.5) is 4.39 Å². The maximum Gasteiger partial charge on any atom is 0.233 e. The SMILES string of the molecule is O=C(N1CCOCC(Cc2ccc3ccncc3c2)C1)C1(c2ccccc2F)CCOCC1. The minimum atomic E-state index is -0.882. The zero-order chi connectivity index (χ0) is 22.7. The van der Waals surface area contributed by atoms with Crippen LogP contribution in [0.1, 0.15) is 24.0 Å². The number of amides is 1. The largest absolute Gasteiger partial charge is 0.381 e. The van der Waals surface area contributed by atoms with Crippen molar-refractivity contribution < 1.29 is 18.7 Å². The highest BCUT2D eigenvalue weighted by Crippen LogP contribution is 2.38. The summed E-state index contributed by atoms with van der Waals surface area (Å²) in [5, 5.41) is 2.27. The fourth-order valence-electron chi connectivity index (χ4n) is 5.25. The molecule has 5 rings (SSSR count). The van der Waals surface area contributed by atoms with Crippen molar-refractivity contribution in [1.82, 2.24) is 9.88 Å². The number of hydrogen-bond acceptors (Lipinski definition) is 4. The molecule has 33 heavy (non-hydrogen) atoms. The molecule has 3 heterocycles. The van der Waals surface area contributed by atoms with Crippen molar-refractivity contribution in [3.8, 4) is 0 Å². The Morgan fingerprint density at radius 1 is 1.06 bits per heavy atom. The Balaban J connectivity index is 1.39. The van der Waals surface area contributed by atoms with Gasteiger partial charge in [0.15, 0.2) is 0 Å². The topological polar surface area (TPSA) is 51.7 Å². The van der Waals surface area contributed by atoms with E-state index in [-0.39, 0.29) is 17.6 Å². The van der Waals surface area contributed by atoms with Crippen LogP contribution in [-0.2, 0) is 26.1 Å². The van der Waals surface area contributed by atoms with Gasteiger partial charge < -0.3 is 14.4 Å². The van der Waals surface area contributed by atoms with Crippen LogP contribution < -0.4 is 0 Å². The van der Waals surface area contributed by atoms with Crippen LogP contribution in [-0.4, -0.2) is 55.3 Å². The Bertz CT molecular complexity index is 1130. The average Bonchev–Trinajstić information content (AvgIpc) is 3.10. The standard InChI is InChI=1S/C27H29FN2O3/c28-25-4-2-1-3-24(25)27(8-12-32-13-9-27)26(31)30-11-14-33-19-21(18-30)15-20-5-6-22-7-10-29-17-23(22)16-20/h1-7,10,16-17,21H,8-9,11-15,18-19H2. The number of nitrogens with zero attached hydrogens (tertiary/aromatic N) is 2. The third-order valence-corrected chi connectivity index (χ3v) is 7.00. The van der Waals surface area contributed by atoms with Crippen LogP contribution in [0.2, 0.25) is 0 Å². The first kappa shape index (κ1) is 22.0. The number of fused-ring (bicyclic) bond motifs is 1. The molecule has 5 nitrogen and oxygen atoms in total. The second-order valence-corrected chi connectivity index (χ2v) is 9.13. The van der Waals surface area contributed by atoms with Gasteiger partial charge in [0.05, 0.1) is 18.6 Å². The van der Waals surface area contributed by atoms with Crippen molar-refractivity contribution >= 4 is 16.7 Å². The summed E-state index contributed by atoms with van der Waals surface area (Å²) in [5.74, 6) is -0.155. The first-order chi connectivity index (χ1) is 16.2. The molecule has 3 aromatic rings. The van der Waals surface area contributed by atoms with E-state index in [0.29, 0.717) is 57.9 Å². The predicted octanol–water partition coefficient (Wildman–Crippen LogP) is 4.14. The highest BCUT2D eigenvalue weighted by atomic mass is 19.1. The van der Waals surface area contributed by atoms with Crippen molar-refractivity contribution in [3.63, 3.8) is 0 Å². The van der Waals surface area contributed by atoms with Gasteiger partial charge in [-0.15, -0.1) is 0 Å². The molecule has 2 fully saturated rings. The third kappa shape index (κ3) is 4.50. The summed E-state index contributed by atoms with van der Waals surface area (Å²) in [6.07, 6.45) is 5.47. The summed E-state index contributed by atoms with van der Waals surface area (Å²) < 4.78 is 26.3. The third-order valence-electron chi connectivity index (χ3n) is 7.00. The number of ether oxygens (including phenoxy) is 2. The van der Waals surface area contributed by atoms with E-state index in [1.807, 2.05) is 23.2 Å². The monoisotopic (exact) mass is 448 g/mol. The van der Waals surface area contributed by atoms with E-state index in [2.05, 4.69) is 23.2 Å². The van der Waals surface area contributed by atoms with E-state index in [9.17, 15) is 9.18 Å². The molecule has 1 amide bonds. The Hall–Kier alpha value is -2.83. The summed E-state index contributed by atoms with van der Waals surface area (Å²) in [7, 11) is 0. The molecule has 0 spiro atoms. The van der Waals surface area contributed by atoms with Gasteiger partial charge in [-0.2, -0.15) is 0 Å². The highest BCUT2D eigenvalue weighted by molar-refractivity contribution is 5.88. The molecule has 1 aromatic heterocycles. The molecule has 0 radical (unpaired) electrons. The van der Waals surface area contributed by atoms with E-state index in [1.54, 1.807) is 18.3 Å². The molecule has 0 bridgehead atoms.